The van der Waals surface area contributed by atoms with Crippen molar-refractivity contribution in [2.24, 2.45) is 0 Å². The van der Waals surface area contributed by atoms with Crippen molar-refractivity contribution in [2.45, 2.75) is 0 Å². The maximum atomic E-state index is 5.06. The molecule has 0 unspecified atom stereocenters. The highest BCUT2D eigenvalue weighted by Gasteiger charge is 2.18. The minimum Gasteiger partial charge on any atom is -0.309 e. The number of hydrogen-bond acceptors (Lipinski definition) is 3. The Morgan fingerprint density at radius 1 is 0.189 bits per heavy atom. The van der Waals surface area contributed by atoms with E-state index in [0.29, 0.717) is 17.5 Å². The first-order chi connectivity index (χ1) is 36.7. The Kier molecular flexibility index (Phi) is 10.4. The number of nitrogens with zero attached hydrogens (tertiary/aromatic N) is 5. The third-order valence-electron chi connectivity index (χ3n) is 14.3. The van der Waals surface area contributed by atoms with Crippen LogP contribution in [-0.4, -0.2) is 24.1 Å². The van der Waals surface area contributed by atoms with Gasteiger partial charge in [-0.15, -0.1) is 0 Å². The lowest BCUT2D eigenvalue weighted by Gasteiger charge is -2.14. The highest BCUT2D eigenvalue weighted by molar-refractivity contribution is 6.12. The van der Waals surface area contributed by atoms with E-state index in [4.69, 9.17) is 15.0 Å². The van der Waals surface area contributed by atoms with Gasteiger partial charge in [0.25, 0.3) is 0 Å². The molecular weight excluding hydrogens is 899 g/mol. The summed E-state index contributed by atoms with van der Waals surface area (Å²) in [6, 6.07) is 97.5. The zero-order valence-corrected chi connectivity index (χ0v) is 40.2. The van der Waals surface area contributed by atoms with Crippen LogP contribution in [0.2, 0.25) is 0 Å². The van der Waals surface area contributed by atoms with E-state index in [-0.39, 0.29) is 0 Å². The summed E-state index contributed by atoms with van der Waals surface area (Å²) >= 11 is 0. The van der Waals surface area contributed by atoms with Gasteiger partial charge in [-0.2, -0.15) is 0 Å². The number of fused-ring (bicyclic) bond motifs is 6. The van der Waals surface area contributed by atoms with Crippen molar-refractivity contribution in [3.8, 4) is 90.0 Å². The van der Waals surface area contributed by atoms with Gasteiger partial charge in [0.1, 0.15) is 0 Å². The van der Waals surface area contributed by atoms with Gasteiger partial charge in [0.15, 0.2) is 17.5 Å². The summed E-state index contributed by atoms with van der Waals surface area (Å²) in [5.41, 5.74) is 18.9. The summed E-state index contributed by atoms with van der Waals surface area (Å²) in [6.45, 7) is 0. The average molecular weight is 944 g/mol. The van der Waals surface area contributed by atoms with Gasteiger partial charge in [-0.25, -0.2) is 15.0 Å². The van der Waals surface area contributed by atoms with Crippen LogP contribution in [0.1, 0.15) is 0 Å². The zero-order chi connectivity index (χ0) is 49.0. The van der Waals surface area contributed by atoms with Gasteiger partial charge in [0, 0.05) is 49.6 Å². The second kappa shape index (κ2) is 18.0. The molecule has 0 radical (unpaired) electrons. The predicted molar refractivity (Wildman–Crippen MR) is 307 cm³/mol. The maximum absolute atomic E-state index is 5.06. The molecule has 0 bridgehead atoms. The Bertz CT molecular complexity index is 4170. The van der Waals surface area contributed by atoms with Crippen LogP contribution in [0.4, 0.5) is 0 Å². The van der Waals surface area contributed by atoms with E-state index in [1.54, 1.807) is 0 Å². The number of benzene rings is 11. The molecule has 3 aromatic heterocycles. The molecule has 74 heavy (non-hydrogen) atoms. The van der Waals surface area contributed by atoms with Crippen molar-refractivity contribution in [3.63, 3.8) is 0 Å². The van der Waals surface area contributed by atoms with Crippen molar-refractivity contribution in [1.29, 1.82) is 0 Å². The number of rotatable bonds is 9. The van der Waals surface area contributed by atoms with Gasteiger partial charge in [-0.05, 0) is 136 Å². The van der Waals surface area contributed by atoms with Gasteiger partial charge in [-0.3, -0.25) is 0 Å². The molecule has 11 aromatic carbocycles. The fourth-order valence-electron chi connectivity index (χ4n) is 10.8. The van der Waals surface area contributed by atoms with Crippen molar-refractivity contribution in [2.75, 3.05) is 0 Å². The molecule has 0 amide bonds. The van der Waals surface area contributed by atoms with E-state index in [0.717, 1.165) is 72.6 Å². The van der Waals surface area contributed by atoms with Gasteiger partial charge >= 0.3 is 0 Å². The average Bonchev–Trinajstić information content (AvgIpc) is 4.00. The Balaban J connectivity index is 0.919. The molecule has 0 saturated heterocycles. The first-order valence-corrected chi connectivity index (χ1v) is 25.1. The van der Waals surface area contributed by atoms with E-state index < -0.39 is 0 Å². The smallest absolute Gasteiger partial charge is 0.164 e. The fourth-order valence-corrected chi connectivity index (χ4v) is 10.8. The molecule has 0 spiro atoms. The van der Waals surface area contributed by atoms with Crippen LogP contribution in [0.25, 0.3) is 134 Å². The summed E-state index contributed by atoms with van der Waals surface area (Å²) in [4.78, 5) is 15.1. The zero-order valence-electron chi connectivity index (χ0n) is 40.2. The largest absolute Gasteiger partial charge is 0.309 e. The molecule has 14 aromatic rings. The molecule has 14 rings (SSSR count). The Morgan fingerprint density at radius 3 is 0.932 bits per heavy atom. The van der Waals surface area contributed by atoms with E-state index in [9.17, 15) is 0 Å². The highest BCUT2D eigenvalue weighted by atomic mass is 15.0. The lowest BCUT2D eigenvalue weighted by molar-refractivity contribution is 1.07. The number of hydrogen-bond donors (Lipinski definition) is 0. The summed E-state index contributed by atoms with van der Waals surface area (Å²) in [5, 5.41) is 4.89. The third kappa shape index (κ3) is 7.63. The normalized spacial score (nSPS) is 11.5. The van der Waals surface area contributed by atoms with Crippen LogP contribution < -0.4 is 0 Å². The van der Waals surface area contributed by atoms with Gasteiger partial charge in [0.05, 0.1) is 22.1 Å². The first-order valence-electron chi connectivity index (χ1n) is 25.1. The van der Waals surface area contributed by atoms with Crippen molar-refractivity contribution in [1.82, 2.24) is 24.1 Å². The highest BCUT2D eigenvalue weighted by Crippen LogP contribution is 2.41. The molecule has 0 aliphatic rings. The lowest BCUT2D eigenvalue weighted by atomic mass is 9.91. The van der Waals surface area contributed by atoms with Crippen LogP contribution in [0.15, 0.2) is 273 Å². The van der Waals surface area contributed by atoms with Crippen LogP contribution in [-0.2, 0) is 0 Å². The Labute approximate surface area is 428 Å². The van der Waals surface area contributed by atoms with Crippen molar-refractivity contribution < 1.29 is 0 Å². The molecular formula is C69H45N5. The van der Waals surface area contributed by atoms with Crippen LogP contribution in [0.5, 0.6) is 0 Å². The molecule has 0 aliphatic carbocycles. The molecule has 0 aliphatic heterocycles. The molecule has 3 heterocycles. The molecule has 346 valence electrons. The van der Waals surface area contributed by atoms with Gasteiger partial charge < -0.3 is 9.13 Å². The molecule has 5 nitrogen and oxygen atoms in total. The summed E-state index contributed by atoms with van der Waals surface area (Å²) in [6.07, 6.45) is 0. The van der Waals surface area contributed by atoms with Crippen LogP contribution in [0, 0.1) is 0 Å². The van der Waals surface area contributed by atoms with Crippen LogP contribution in [0.3, 0.4) is 0 Å². The number of para-hydroxylation sites is 4. The molecule has 0 N–H and O–H groups in total. The van der Waals surface area contributed by atoms with E-state index in [1.807, 2.05) is 60.7 Å². The SMILES string of the molecule is c1ccc(-c2nc(-c3ccccc3)nc(-c3cccc(-c4cccc(-c5cc(-c6ccc7c(c6)c6ccccc6n7-c6ccccc6)cc(-c6ccc7c(c6)c6ccccc6n7-c6ccccc6)c5)c4)c3)n2)cc1. The topological polar surface area (TPSA) is 48.5 Å². The first kappa shape index (κ1) is 42.9. The van der Waals surface area contributed by atoms with E-state index in [1.165, 1.54) is 43.6 Å². The Morgan fingerprint density at radius 2 is 0.486 bits per heavy atom. The standard InChI is InChI=1S/C69H45N5/c1-5-19-46(20-6-1)67-70-68(47-21-7-2-8-22-47)72-69(71-67)53-26-18-24-49(40-53)48-23-17-25-50(39-48)54-41-55(51-35-37-65-61(44-51)59-31-13-15-33-63(59)73(65)57-27-9-3-10-28-57)43-56(42-54)52-36-38-66-62(45-52)60-32-14-16-34-64(60)74(66)58-29-11-4-12-30-58/h1-45H. The lowest BCUT2D eigenvalue weighted by Crippen LogP contribution is -2.00. The van der Waals surface area contributed by atoms with Crippen molar-refractivity contribution >= 4 is 43.6 Å². The maximum Gasteiger partial charge on any atom is 0.164 e. The third-order valence-corrected chi connectivity index (χ3v) is 14.3. The second-order valence-electron chi connectivity index (χ2n) is 18.8. The monoisotopic (exact) mass is 943 g/mol. The van der Waals surface area contributed by atoms with Gasteiger partial charge in [0.2, 0.25) is 0 Å². The second-order valence-corrected chi connectivity index (χ2v) is 18.8. The summed E-state index contributed by atoms with van der Waals surface area (Å²) < 4.78 is 4.76. The fraction of sp³-hybridized carbons (Fsp3) is 0. The molecule has 0 fully saturated rings. The van der Waals surface area contributed by atoms with Crippen molar-refractivity contribution in [3.05, 3.63) is 273 Å². The molecule has 0 saturated carbocycles. The molecule has 5 heteroatoms. The van der Waals surface area contributed by atoms with Crippen LogP contribution >= 0.6 is 0 Å². The van der Waals surface area contributed by atoms with E-state index in [2.05, 4.69) is 221 Å². The minimum absolute atomic E-state index is 0.626. The quantitative estimate of drug-likeness (QED) is 0.145. The predicted octanol–water partition coefficient (Wildman–Crippen LogP) is 17.7. The number of aromatic nitrogens is 5. The summed E-state index contributed by atoms with van der Waals surface area (Å²) in [5.74, 6) is 1.90. The Hall–Kier alpha value is -9.97. The minimum atomic E-state index is 0.626. The van der Waals surface area contributed by atoms with E-state index >= 15 is 0 Å². The van der Waals surface area contributed by atoms with Gasteiger partial charge in [-0.1, -0.05) is 182 Å². The summed E-state index contributed by atoms with van der Waals surface area (Å²) in [7, 11) is 0. The molecule has 0 atom stereocenters.